The van der Waals surface area contributed by atoms with Crippen LogP contribution in [0.3, 0.4) is 0 Å². The van der Waals surface area contributed by atoms with Gasteiger partial charge in [-0.05, 0) is 57.1 Å². The quantitative estimate of drug-likeness (QED) is 0.0477. The Bertz CT molecular complexity index is 934. The number of amides is 2. The Morgan fingerprint density at radius 3 is 2.07 bits per heavy atom. The molecule has 0 aliphatic heterocycles. The minimum atomic E-state index is -1.21. The number of allylic oxidation sites excluding steroid dienone is 8. The third-order valence-electron chi connectivity index (χ3n) is 5.81. The zero-order valence-corrected chi connectivity index (χ0v) is 25.1. The van der Waals surface area contributed by atoms with Crippen LogP contribution in [0.5, 0.6) is 0 Å². The summed E-state index contributed by atoms with van der Waals surface area (Å²) >= 11 is 1.48. The van der Waals surface area contributed by atoms with Crippen LogP contribution in [0.1, 0.15) is 77.0 Å². The molecule has 0 saturated carbocycles. The molecule has 0 heterocycles. The molecule has 12 heteroatoms. The number of carbonyl (C=O) groups is 5. The molecular weight excluding hydrogens is 562 g/mol. The van der Waals surface area contributed by atoms with Crippen molar-refractivity contribution in [2.24, 2.45) is 5.73 Å². The Labute approximate surface area is 252 Å². The molecule has 0 radical (unpaired) electrons. The molecule has 1 unspecified atom stereocenters. The van der Waals surface area contributed by atoms with Crippen molar-refractivity contribution in [2.45, 2.75) is 89.1 Å². The maximum absolute atomic E-state index is 12.3. The zero-order chi connectivity index (χ0) is 31.4. The van der Waals surface area contributed by atoms with Crippen LogP contribution in [0.2, 0.25) is 0 Å². The lowest BCUT2D eigenvalue weighted by Crippen LogP contribution is -2.49. The van der Waals surface area contributed by atoms with E-state index in [1.807, 2.05) is 24.3 Å². The van der Waals surface area contributed by atoms with Crippen LogP contribution in [0.25, 0.3) is 0 Å². The number of aliphatic carboxylic acids is 3. The minimum absolute atomic E-state index is 0.0714. The summed E-state index contributed by atoms with van der Waals surface area (Å²) in [5.74, 6) is -3.22. The fourth-order valence-corrected chi connectivity index (χ4v) is 4.50. The normalized spacial score (nSPS) is 13.2. The van der Waals surface area contributed by atoms with Crippen LogP contribution in [-0.4, -0.2) is 75.2 Å². The zero-order valence-electron chi connectivity index (χ0n) is 24.2. The number of nitrogens with one attached hydrogen (secondary N) is 2. The van der Waals surface area contributed by atoms with Gasteiger partial charge in [0.15, 0.2) is 0 Å². The SMILES string of the molecule is NC(CCC(=O)N[C@H](CSCCCCC/C=C\CC=CC=C/C=C/CCCCCC(=O)O)C(=O)NCC(=O)O)C(=O)O. The van der Waals surface area contributed by atoms with E-state index in [1.54, 1.807) is 0 Å². The largest absolute Gasteiger partial charge is 0.481 e. The number of carboxylic acid groups (broad SMARTS) is 3. The van der Waals surface area contributed by atoms with E-state index in [2.05, 4.69) is 34.9 Å². The number of hydrogen-bond acceptors (Lipinski definition) is 7. The molecule has 0 spiro atoms. The third kappa shape index (κ3) is 25.6. The smallest absolute Gasteiger partial charge is 0.322 e. The highest BCUT2D eigenvalue weighted by atomic mass is 32.2. The molecule has 0 bridgehead atoms. The predicted octanol–water partition coefficient (Wildman–Crippen LogP) is 3.81. The van der Waals surface area contributed by atoms with Gasteiger partial charge in [-0.2, -0.15) is 11.8 Å². The molecule has 7 N–H and O–H groups in total. The van der Waals surface area contributed by atoms with E-state index in [-0.39, 0.29) is 25.0 Å². The first kappa shape index (κ1) is 38.6. The standard InChI is InChI=1S/C30H47N3O8S/c31-24(30(40)41)19-20-26(34)33-25(29(39)32-22-28(37)38)23-42-21-17-15-13-11-9-7-5-3-1-2-4-6-8-10-12-14-16-18-27(35)36/h1-4,6-9,24-25H,5,10-23,31H2,(H,32,39)(H,33,34)(H,35,36)(H,37,38)(H,40,41)/b3-1?,4-2?,8-6+,9-7-/t24?,25-/m1/s1. The van der Waals surface area contributed by atoms with Crippen molar-refractivity contribution in [1.29, 1.82) is 0 Å². The molecule has 42 heavy (non-hydrogen) atoms. The Morgan fingerprint density at radius 1 is 0.738 bits per heavy atom. The van der Waals surface area contributed by atoms with Crippen LogP contribution < -0.4 is 16.4 Å². The van der Waals surface area contributed by atoms with Crippen LogP contribution in [0.4, 0.5) is 0 Å². The van der Waals surface area contributed by atoms with Gasteiger partial charge in [-0.15, -0.1) is 0 Å². The van der Waals surface area contributed by atoms with Crippen LogP contribution in [-0.2, 0) is 24.0 Å². The van der Waals surface area contributed by atoms with Crippen LogP contribution in [0.15, 0.2) is 48.6 Å². The van der Waals surface area contributed by atoms with Gasteiger partial charge >= 0.3 is 17.9 Å². The molecule has 0 aliphatic carbocycles. The highest BCUT2D eigenvalue weighted by molar-refractivity contribution is 7.99. The molecule has 2 atom stereocenters. The average molecular weight is 610 g/mol. The maximum Gasteiger partial charge on any atom is 0.322 e. The number of carboxylic acids is 3. The monoisotopic (exact) mass is 609 g/mol. The van der Waals surface area contributed by atoms with Gasteiger partial charge in [-0.3, -0.25) is 24.0 Å². The summed E-state index contributed by atoms with van der Waals surface area (Å²) in [6.07, 6.45) is 24.8. The van der Waals surface area contributed by atoms with E-state index in [4.69, 9.17) is 21.1 Å². The van der Waals surface area contributed by atoms with Crippen molar-refractivity contribution in [3.63, 3.8) is 0 Å². The molecule has 236 valence electrons. The molecule has 0 aliphatic rings. The summed E-state index contributed by atoms with van der Waals surface area (Å²) in [5, 5.41) is 31.0. The van der Waals surface area contributed by atoms with E-state index in [1.165, 1.54) is 11.8 Å². The Morgan fingerprint density at radius 2 is 1.40 bits per heavy atom. The summed E-state index contributed by atoms with van der Waals surface area (Å²) in [4.78, 5) is 56.5. The minimum Gasteiger partial charge on any atom is -0.481 e. The van der Waals surface area contributed by atoms with Gasteiger partial charge in [0, 0.05) is 18.6 Å². The number of carbonyl (C=O) groups excluding carboxylic acids is 2. The molecule has 2 amide bonds. The lowest BCUT2D eigenvalue weighted by Gasteiger charge is -2.18. The van der Waals surface area contributed by atoms with Crippen molar-refractivity contribution in [2.75, 3.05) is 18.1 Å². The van der Waals surface area contributed by atoms with Gasteiger partial charge < -0.3 is 31.7 Å². The molecule has 0 fully saturated rings. The number of unbranched alkanes of at least 4 members (excludes halogenated alkanes) is 6. The summed E-state index contributed by atoms with van der Waals surface area (Å²) in [7, 11) is 0. The fraction of sp³-hybridized carbons (Fsp3) is 0.567. The molecular formula is C30H47N3O8S. The lowest BCUT2D eigenvalue weighted by atomic mass is 10.1. The number of nitrogens with two attached hydrogens (primary N) is 1. The summed E-state index contributed by atoms with van der Waals surface area (Å²) in [6, 6.07) is -2.10. The van der Waals surface area contributed by atoms with Crippen LogP contribution >= 0.6 is 11.8 Å². The number of thioether (sulfide) groups is 1. The van der Waals surface area contributed by atoms with Crippen molar-refractivity contribution >= 4 is 41.5 Å². The first-order valence-corrected chi connectivity index (χ1v) is 15.5. The van der Waals surface area contributed by atoms with Gasteiger partial charge in [0.05, 0.1) is 0 Å². The van der Waals surface area contributed by atoms with Gasteiger partial charge in [0.2, 0.25) is 11.8 Å². The third-order valence-corrected chi connectivity index (χ3v) is 6.96. The van der Waals surface area contributed by atoms with Gasteiger partial charge in [0.25, 0.3) is 0 Å². The molecule has 0 aromatic carbocycles. The van der Waals surface area contributed by atoms with Crippen LogP contribution in [0, 0.1) is 0 Å². The first-order chi connectivity index (χ1) is 20.1. The van der Waals surface area contributed by atoms with E-state index in [0.717, 1.165) is 63.5 Å². The predicted molar refractivity (Wildman–Crippen MR) is 165 cm³/mol. The average Bonchev–Trinajstić information content (AvgIpc) is 2.94. The summed E-state index contributed by atoms with van der Waals surface area (Å²) < 4.78 is 0. The van der Waals surface area contributed by atoms with Crippen molar-refractivity contribution in [1.82, 2.24) is 10.6 Å². The number of hydrogen-bond donors (Lipinski definition) is 6. The topological polar surface area (TPSA) is 196 Å². The van der Waals surface area contributed by atoms with Gasteiger partial charge in [-0.25, -0.2) is 0 Å². The van der Waals surface area contributed by atoms with E-state index >= 15 is 0 Å². The second kappa shape index (κ2) is 26.5. The first-order valence-electron chi connectivity index (χ1n) is 14.3. The Hall–Kier alpha value is -3.38. The van der Waals surface area contributed by atoms with Crippen molar-refractivity contribution in [3.8, 4) is 0 Å². The molecule has 0 aromatic heterocycles. The van der Waals surface area contributed by atoms with Gasteiger partial charge in [-0.1, -0.05) is 61.4 Å². The molecule has 0 rings (SSSR count). The summed E-state index contributed by atoms with van der Waals surface area (Å²) in [5.41, 5.74) is 5.41. The van der Waals surface area contributed by atoms with Crippen molar-refractivity contribution < 1.29 is 39.3 Å². The van der Waals surface area contributed by atoms with Gasteiger partial charge in [0.1, 0.15) is 18.6 Å². The number of rotatable bonds is 26. The fourth-order valence-electron chi connectivity index (χ4n) is 3.46. The molecule has 11 nitrogen and oxygen atoms in total. The van der Waals surface area contributed by atoms with E-state index < -0.39 is 48.4 Å². The highest BCUT2D eigenvalue weighted by Crippen LogP contribution is 2.11. The Kier molecular flexibility index (Phi) is 24.4. The summed E-state index contributed by atoms with van der Waals surface area (Å²) in [6.45, 7) is -0.558. The molecule has 0 aromatic rings. The lowest BCUT2D eigenvalue weighted by molar-refractivity contribution is -0.139. The van der Waals surface area contributed by atoms with E-state index in [0.29, 0.717) is 0 Å². The highest BCUT2D eigenvalue weighted by Gasteiger charge is 2.22. The maximum atomic E-state index is 12.3. The molecule has 0 saturated heterocycles. The second-order valence-corrected chi connectivity index (χ2v) is 10.7. The van der Waals surface area contributed by atoms with Crippen molar-refractivity contribution in [3.05, 3.63) is 48.6 Å². The second-order valence-electron chi connectivity index (χ2n) is 9.58. The Balaban J connectivity index is 4.06. The van der Waals surface area contributed by atoms with E-state index in [9.17, 15) is 24.0 Å².